The Morgan fingerprint density at radius 1 is 1.30 bits per heavy atom. The maximum absolute atomic E-state index is 13.3. The molecule has 1 N–H and O–H groups in total. The predicted molar refractivity (Wildman–Crippen MR) is 82.8 cm³/mol. The van der Waals surface area contributed by atoms with Crippen LogP contribution in [0.4, 0.5) is 10.1 Å². The number of amides is 1. The van der Waals surface area contributed by atoms with E-state index < -0.39 is 5.82 Å². The van der Waals surface area contributed by atoms with Crippen molar-refractivity contribution in [2.75, 3.05) is 4.90 Å². The number of hydrogen-bond donors (Lipinski definition) is 1. The number of aromatic amines is 1. The number of thiocarbonyl (C=S) groups is 1. The number of benzene rings is 1. The van der Waals surface area contributed by atoms with Crippen molar-refractivity contribution in [3.05, 3.63) is 59.0 Å². The summed E-state index contributed by atoms with van der Waals surface area (Å²) in [5, 5.41) is 0. The molecule has 1 fully saturated rings. The van der Waals surface area contributed by atoms with Gasteiger partial charge < -0.3 is 4.98 Å². The number of H-pyrrole nitrogens is 1. The minimum atomic E-state index is -0.398. The highest BCUT2D eigenvalue weighted by molar-refractivity contribution is 8.27. The van der Waals surface area contributed by atoms with Gasteiger partial charge in [-0.15, -0.1) is 0 Å². The molecular formula is C14H9FN2OS2. The zero-order valence-corrected chi connectivity index (χ0v) is 11.8. The molecule has 0 bridgehead atoms. The summed E-state index contributed by atoms with van der Waals surface area (Å²) in [6.07, 6.45) is 3.51. The van der Waals surface area contributed by atoms with Crippen LogP contribution < -0.4 is 4.90 Å². The monoisotopic (exact) mass is 304 g/mol. The summed E-state index contributed by atoms with van der Waals surface area (Å²) in [5.74, 6) is -0.634. The van der Waals surface area contributed by atoms with E-state index in [2.05, 4.69) is 4.98 Å². The number of hydrogen-bond acceptors (Lipinski definition) is 3. The van der Waals surface area contributed by atoms with Crippen LogP contribution in [-0.2, 0) is 4.79 Å². The lowest BCUT2D eigenvalue weighted by atomic mass is 10.2. The van der Waals surface area contributed by atoms with Gasteiger partial charge in [0.1, 0.15) is 5.82 Å². The Morgan fingerprint density at radius 3 is 2.85 bits per heavy atom. The number of nitrogens with zero attached hydrogens (tertiary/aromatic N) is 1. The van der Waals surface area contributed by atoms with Crippen molar-refractivity contribution in [2.24, 2.45) is 0 Å². The summed E-state index contributed by atoms with van der Waals surface area (Å²) in [6, 6.07) is 9.54. The van der Waals surface area contributed by atoms with Crippen LogP contribution in [0.15, 0.2) is 47.5 Å². The van der Waals surface area contributed by atoms with Crippen LogP contribution >= 0.6 is 24.0 Å². The van der Waals surface area contributed by atoms with Crippen molar-refractivity contribution in [1.82, 2.24) is 4.98 Å². The first-order valence-corrected chi connectivity index (χ1v) is 7.04. The first-order chi connectivity index (χ1) is 9.65. The van der Waals surface area contributed by atoms with E-state index >= 15 is 0 Å². The Labute approximate surface area is 124 Å². The third-order valence-corrected chi connectivity index (χ3v) is 4.07. The summed E-state index contributed by atoms with van der Waals surface area (Å²) >= 11 is 6.42. The fourth-order valence-corrected chi connectivity index (χ4v) is 3.17. The second kappa shape index (κ2) is 5.22. The number of halogens is 1. The molecule has 1 aliphatic heterocycles. The molecule has 1 saturated heterocycles. The van der Waals surface area contributed by atoms with Crippen molar-refractivity contribution in [3.8, 4) is 0 Å². The Bertz CT molecular complexity index is 710. The van der Waals surface area contributed by atoms with Gasteiger partial charge in [0.05, 0.1) is 10.6 Å². The standard InChI is InChI=1S/C14H9FN2OS2/c15-9-3-1-5-11(7-9)17-13(18)12(20-14(17)19)8-10-4-2-6-16-10/h1-8,16H/b12-8-. The van der Waals surface area contributed by atoms with E-state index in [0.29, 0.717) is 14.9 Å². The third kappa shape index (κ3) is 2.39. The van der Waals surface area contributed by atoms with Crippen LogP contribution in [0.25, 0.3) is 6.08 Å². The topological polar surface area (TPSA) is 36.1 Å². The SMILES string of the molecule is O=C1/C(=C/c2ccc[nH]2)SC(=S)N1c1cccc(F)c1. The van der Waals surface area contributed by atoms with Gasteiger partial charge in [0, 0.05) is 11.9 Å². The van der Waals surface area contributed by atoms with Crippen LogP contribution in [0, 0.1) is 5.82 Å². The second-order valence-electron chi connectivity index (χ2n) is 4.12. The van der Waals surface area contributed by atoms with Gasteiger partial charge >= 0.3 is 0 Å². The van der Waals surface area contributed by atoms with Crippen molar-refractivity contribution in [1.29, 1.82) is 0 Å². The lowest BCUT2D eigenvalue weighted by Crippen LogP contribution is -2.27. The van der Waals surface area contributed by atoms with Gasteiger partial charge in [0.25, 0.3) is 5.91 Å². The van der Waals surface area contributed by atoms with E-state index in [-0.39, 0.29) is 5.91 Å². The molecule has 6 heteroatoms. The minimum absolute atomic E-state index is 0.236. The summed E-state index contributed by atoms with van der Waals surface area (Å²) in [4.78, 5) is 17.2. The first-order valence-electron chi connectivity index (χ1n) is 5.82. The fraction of sp³-hybridized carbons (Fsp3) is 0. The number of rotatable bonds is 2. The molecule has 20 heavy (non-hydrogen) atoms. The summed E-state index contributed by atoms with van der Waals surface area (Å²) < 4.78 is 13.7. The predicted octanol–water partition coefficient (Wildman–Crippen LogP) is 3.56. The minimum Gasteiger partial charge on any atom is -0.362 e. The van der Waals surface area contributed by atoms with Gasteiger partial charge in [-0.3, -0.25) is 9.69 Å². The maximum Gasteiger partial charge on any atom is 0.270 e. The fourth-order valence-electron chi connectivity index (χ4n) is 1.88. The van der Waals surface area contributed by atoms with Crippen molar-refractivity contribution < 1.29 is 9.18 Å². The highest BCUT2D eigenvalue weighted by Gasteiger charge is 2.33. The van der Waals surface area contributed by atoms with Gasteiger partial charge in [-0.25, -0.2) is 4.39 Å². The zero-order chi connectivity index (χ0) is 14.1. The van der Waals surface area contributed by atoms with Gasteiger partial charge in [-0.1, -0.05) is 30.0 Å². The van der Waals surface area contributed by atoms with Crippen LogP contribution in [0.1, 0.15) is 5.69 Å². The van der Waals surface area contributed by atoms with E-state index in [1.54, 1.807) is 24.4 Å². The van der Waals surface area contributed by atoms with Crippen molar-refractivity contribution in [3.63, 3.8) is 0 Å². The number of thioether (sulfide) groups is 1. The zero-order valence-electron chi connectivity index (χ0n) is 10.2. The van der Waals surface area contributed by atoms with E-state index in [4.69, 9.17) is 12.2 Å². The molecule has 3 nitrogen and oxygen atoms in total. The number of carbonyl (C=O) groups is 1. The molecule has 0 saturated carbocycles. The largest absolute Gasteiger partial charge is 0.362 e. The summed E-state index contributed by atoms with van der Waals surface area (Å²) in [5.41, 5.74) is 1.27. The molecule has 1 aromatic heterocycles. The Morgan fingerprint density at radius 2 is 2.15 bits per heavy atom. The first kappa shape index (κ1) is 13.1. The number of carbonyl (C=O) groups excluding carboxylic acids is 1. The molecule has 0 spiro atoms. The van der Waals surface area contributed by atoms with E-state index in [1.807, 2.05) is 12.1 Å². The number of nitrogens with one attached hydrogen (secondary N) is 1. The molecule has 0 aliphatic carbocycles. The van der Waals surface area contributed by atoms with Crippen molar-refractivity contribution in [2.45, 2.75) is 0 Å². The lowest BCUT2D eigenvalue weighted by Gasteiger charge is -2.14. The van der Waals surface area contributed by atoms with Crippen LogP contribution in [-0.4, -0.2) is 15.2 Å². The lowest BCUT2D eigenvalue weighted by molar-refractivity contribution is -0.113. The van der Waals surface area contributed by atoms with Gasteiger partial charge in [-0.2, -0.15) is 0 Å². The van der Waals surface area contributed by atoms with Crippen LogP contribution in [0.2, 0.25) is 0 Å². The van der Waals surface area contributed by atoms with Crippen molar-refractivity contribution >= 4 is 46.0 Å². The van der Waals surface area contributed by atoms with Gasteiger partial charge in [-0.05, 0) is 36.4 Å². The quantitative estimate of drug-likeness (QED) is 0.681. The third-order valence-electron chi connectivity index (χ3n) is 2.77. The van der Waals surface area contributed by atoms with Gasteiger partial charge in [0.2, 0.25) is 0 Å². The van der Waals surface area contributed by atoms with Crippen LogP contribution in [0.3, 0.4) is 0 Å². The molecular weight excluding hydrogens is 295 g/mol. The molecule has 1 amide bonds. The second-order valence-corrected chi connectivity index (χ2v) is 5.80. The van der Waals surface area contributed by atoms with Crippen LogP contribution in [0.5, 0.6) is 0 Å². The van der Waals surface area contributed by atoms with Gasteiger partial charge in [0.15, 0.2) is 4.32 Å². The van der Waals surface area contributed by atoms with E-state index in [0.717, 1.165) is 5.69 Å². The molecule has 2 aromatic rings. The number of aromatic nitrogens is 1. The molecule has 1 aliphatic rings. The average Bonchev–Trinajstić information content (AvgIpc) is 2.99. The molecule has 0 unspecified atom stereocenters. The Hall–Kier alpha value is -1.92. The Balaban J connectivity index is 1.95. The smallest absolute Gasteiger partial charge is 0.270 e. The molecule has 100 valence electrons. The number of anilines is 1. The summed E-state index contributed by atoms with van der Waals surface area (Å²) in [7, 11) is 0. The molecule has 0 atom stereocenters. The molecule has 3 rings (SSSR count). The normalized spacial score (nSPS) is 17.2. The molecule has 0 radical (unpaired) electrons. The van der Waals surface area contributed by atoms with E-state index in [9.17, 15) is 9.18 Å². The van der Waals surface area contributed by atoms with E-state index in [1.165, 1.54) is 28.8 Å². The highest BCUT2D eigenvalue weighted by Crippen LogP contribution is 2.35. The molecule has 2 heterocycles. The highest BCUT2D eigenvalue weighted by atomic mass is 32.2. The Kier molecular flexibility index (Phi) is 3.42. The summed E-state index contributed by atoms with van der Waals surface area (Å²) in [6.45, 7) is 0. The average molecular weight is 304 g/mol. The molecule has 1 aromatic carbocycles. The maximum atomic E-state index is 13.3.